The lowest BCUT2D eigenvalue weighted by Gasteiger charge is -2.20. The summed E-state index contributed by atoms with van der Waals surface area (Å²) in [7, 11) is 0. The Morgan fingerprint density at radius 3 is 1.08 bits per heavy atom. The molecule has 2 aromatic rings. The smallest absolute Gasteiger partial charge is 0.335 e. The first-order valence-electron chi connectivity index (χ1n) is 43.7. The summed E-state index contributed by atoms with van der Waals surface area (Å²) in [4.78, 5) is 183. The number of nitrogens with two attached hydrogens (primary N) is 1. The lowest BCUT2D eigenvalue weighted by Crippen LogP contribution is -2.41. The third kappa shape index (κ3) is 61.9. The van der Waals surface area contributed by atoms with E-state index in [-0.39, 0.29) is 253 Å². The van der Waals surface area contributed by atoms with Crippen molar-refractivity contribution in [2.24, 2.45) is 17.6 Å². The van der Waals surface area contributed by atoms with Crippen LogP contribution in [0.2, 0.25) is 0 Å². The molecule has 0 bridgehead atoms. The predicted molar refractivity (Wildman–Crippen MR) is 455 cm³/mol. The van der Waals surface area contributed by atoms with Gasteiger partial charge in [0, 0.05) is 103 Å². The van der Waals surface area contributed by atoms with Gasteiger partial charge in [0.2, 0.25) is 35.4 Å². The molecule has 0 spiro atoms. The molecule has 12 N–H and O–H groups in total. The van der Waals surface area contributed by atoms with Crippen molar-refractivity contribution in [3.8, 4) is 11.5 Å². The summed E-state index contributed by atoms with van der Waals surface area (Å²) in [6.07, 6.45) is 16.5. The maximum atomic E-state index is 13.6. The van der Waals surface area contributed by atoms with Crippen LogP contribution in [0.4, 0.5) is 0 Å². The number of ether oxygens (including phenoxy) is 10. The van der Waals surface area contributed by atoms with Gasteiger partial charge in [-0.15, -0.1) is 0 Å². The second-order valence-electron chi connectivity index (χ2n) is 30.3. The van der Waals surface area contributed by atoms with E-state index in [1.807, 2.05) is 0 Å². The zero-order valence-corrected chi connectivity index (χ0v) is 72.8. The molecule has 0 aromatic heterocycles. The fraction of sp³-hybridized carbons (Fsp3) is 0.693. The van der Waals surface area contributed by atoms with Gasteiger partial charge in [-0.25, -0.2) is 19.2 Å². The van der Waals surface area contributed by atoms with E-state index < -0.39 is 59.7 Å². The highest BCUT2D eigenvalue weighted by Gasteiger charge is 2.28. The van der Waals surface area contributed by atoms with Crippen LogP contribution < -0.4 is 47.1 Å². The quantitative estimate of drug-likeness (QED) is 0.0291. The van der Waals surface area contributed by atoms with Gasteiger partial charge in [-0.3, -0.25) is 52.7 Å². The number of carbonyl (C=O) groups excluding carboxylic acids is 11. The van der Waals surface area contributed by atoms with Gasteiger partial charge in [-0.1, -0.05) is 77.0 Å². The molecule has 0 aliphatic carbocycles. The van der Waals surface area contributed by atoms with Crippen molar-refractivity contribution >= 4 is 88.2 Å². The summed E-state index contributed by atoms with van der Waals surface area (Å²) in [6.45, 7) is 6.42. The number of unbranched alkanes of at least 4 members (excludes halogenated alkanes) is 14. The maximum Gasteiger partial charge on any atom is 0.335 e. The summed E-state index contributed by atoms with van der Waals surface area (Å²) in [5, 5.41) is 53.1. The molecule has 5 atom stereocenters. The highest BCUT2D eigenvalue weighted by atomic mass is 16.5. The van der Waals surface area contributed by atoms with Crippen molar-refractivity contribution < 1.29 is 140 Å². The fourth-order valence-electron chi connectivity index (χ4n) is 12.4. The van der Waals surface area contributed by atoms with Crippen molar-refractivity contribution in [1.29, 1.82) is 0 Å². The van der Waals surface area contributed by atoms with E-state index in [0.29, 0.717) is 102 Å². The number of nitrogens with one attached hydrogen (secondary N) is 6. The normalized spacial score (nSPS) is 12.3. The van der Waals surface area contributed by atoms with E-state index in [9.17, 15) is 82.1 Å². The van der Waals surface area contributed by atoms with Gasteiger partial charge in [0.1, 0.15) is 73.1 Å². The standard InChI is InChI=1S/C88H139N7O29/c1-65(89)77(99)60-70(24-16-18-42-91-82(104)62-120-56-52-116-46-22-26-72(98)61-119-55-53-117-49-43-92-79(101)40-39-76(88(113)114)95-81(103)28-14-10-6-4-8-12-20-48-124-74-36-31-68(32-37-74)86(109)110)78(100)59-69(66(2)96)23-15-17-41-90-83(105)63-122-58-54-118-50-44-93-84(106)64-121-57-51-115-45-21-25-71(97)33-38-75(87(111)112)94-80(102)27-13-9-5-3-7-11-19-47-123-73-34-29-67(30-35-73)85(107)108/h29-32,34-37,65,69-70,75-76H,3-28,33,38-64,89H2,1-2H3,(H,90,105)(H,91,104)(H,92,101)(H,93,106)(H,94,102)(H,95,103)(H,107,108)(H,109,110)(H,111,112)(H,113,114)/t65-,69+,70+,75-,76-/m0/s1. The number of benzene rings is 2. The number of carbonyl (C=O) groups is 15. The zero-order chi connectivity index (χ0) is 91.0. The number of hydrogen-bond donors (Lipinski definition) is 11. The summed E-state index contributed by atoms with van der Waals surface area (Å²) < 4.78 is 54.7. The summed E-state index contributed by atoms with van der Waals surface area (Å²) >= 11 is 0. The fourth-order valence-corrected chi connectivity index (χ4v) is 12.4. The molecule has 0 fully saturated rings. The zero-order valence-electron chi connectivity index (χ0n) is 72.8. The first kappa shape index (κ1) is 111. The third-order valence-electron chi connectivity index (χ3n) is 19.6. The minimum absolute atomic E-state index is 0.00809. The van der Waals surface area contributed by atoms with Gasteiger partial charge in [-0.2, -0.15) is 0 Å². The topological polar surface area (TPSA) is 527 Å². The van der Waals surface area contributed by atoms with Crippen molar-refractivity contribution in [2.75, 3.05) is 145 Å². The molecule has 6 amide bonds. The molecule has 0 aliphatic rings. The molecule has 2 aromatic carbocycles. The lowest BCUT2D eigenvalue weighted by molar-refractivity contribution is -0.142. The molecular formula is C88H139N7O29. The number of rotatable bonds is 85. The van der Waals surface area contributed by atoms with E-state index in [2.05, 4.69) is 31.9 Å². The van der Waals surface area contributed by atoms with Gasteiger partial charge < -0.3 is 105 Å². The number of amides is 6. The SMILES string of the molecule is CC(=O)[C@H](CCCCNC(=O)COCCOCCNC(=O)COCCOCCCC(=O)CC[C@H](NC(=O)CCCCCCCCCOc1ccc(C(=O)O)cc1)C(=O)O)CC(=O)[C@H](CCCCNC(=O)COCCOCCCC(=O)COCCOCCNC(=O)CC[C@H](NC(=O)CCCCCCCCCOc1ccc(C(=O)O)cc1)C(=O)O)CC(=O)[C@H](C)N. The van der Waals surface area contributed by atoms with Crippen LogP contribution in [-0.4, -0.2) is 272 Å². The van der Waals surface area contributed by atoms with Crippen LogP contribution in [0.1, 0.15) is 240 Å². The van der Waals surface area contributed by atoms with Crippen LogP contribution >= 0.6 is 0 Å². The Kier molecular flexibility index (Phi) is 65.2. The summed E-state index contributed by atoms with van der Waals surface area (Å²) in [6, 6.07) is 9.39. The number of carboxylic acid groups (broad SMARTS) is 4. The molecule has 0 saturated heterocycles. The van der Waals surface area contributed by atoms with Crippen LogP contribution in [0.5, 0.6) is 11.5 Å². The van der Waals surface area contributed by atoms with Crippen LogP contribution in [0.3, 0.4) is 0 Å². The molecule has 0 heterocycles. The molecule has 36 heteroatoms. The molecule has 0 saturated carbocycles. The average molecular weight is 1760 g/mol. The Hall–Kier alpha value is -9.27. The molecule has 700 valence electrons. The number of Topliss-reactive ketones (excluding diaryl/α,β-unsaturated/α-hetero) is 5. The minimum Gasteiger partial charge on any atom is -0.494 e. The first-order chi connectivity index (χ1) is 59.7. The first-order valence-corrected chi connectivity index (χ1v) is 43.7. The van der Waals surface area contributed by atoms with Crippen LogP contribution in [0, 0.1) is 11.8 Å². The molecular weight excluding hydrogens is 1620 g/mol. The Labute approximate surface area is 728 Å². The molecule has 0 unspecified atom stereocenters. The monoisotopic (exact) mass is 1760 g/mol. The maximum absolute atomic E-state index is 13.6. The number of hydrogen-bond acceptors (Lipinski definition) is 26. The number of carboxylic acids is 4. The average Bonchev–Trinajstić information content (AvgIpc) is 0.891. The Morgan fingerprint density at radius 1 is 0.315 bits per heavy atom. The second kappa shape index (κ2) is 73.0. The molecule has 124 heavy (non-hydrogen) atoms. The van der Waals surface area contributed by atoms with Gasteiger partial charge >= 0.3 is 23.9 Å². The summed E-state index contributed by atoms with van der Waals surface area (Å²) in [5.74, 6) is -7.54. The van der Waals surface area contributed by atoms with Crippen LogP contribution in [0.25, 0.3) is 0 Å². The molecule has 0 radical (unpaired) electrons. The van der Waals surface area contributed by atoms with Gasteiger partial charge in [0.15, 0.2) is 5.78 Å². The minimum atomic E-state index is -1.23. The van der Waals surface area contributed by atoms with Crippen molar-refractivity contribution in [2.45, 2.75) is 237 Å². The Balaban J connectivity index is 1.41. The molecule has 36 nitrogen and oxygen atoms in total. The third-order valence-corrected chi connectivity index (χ3v) is 19.6. The van der Waals surface area contributed by atoms with E-state index in [1.165, 1.54) is 31.2 Å². The van der Waals surface area contributed by atoms with Gasteiger partial charge in [0.25, 0.3) is 0 Å². The predicted octanol–water partition coefficient (Wildman–Crippen LogP) is 7.21. The summed E-state index contributed by atoms with van der Waals surface area (Å²) in [5.41, 5.74) is 6.26. The van der Waals surface area contributed by atoms with Gasteiger partial charge in [0.05, 0.1) is 96.5 Å². The lowest BCUT2D eigenvalue weighted by atomic mass is 9.83. The van der Waals surface area contributed by atoms with E-state index in [4.69, 9.17) is 63.3 Å². The van der Waals surface area contributed by atoms with Crippen molar-refractivity contribution in [3.63, 3.8) is 0 Å². The second-order valence-corrected chi connectivity index (χ2v) is 30.3. The Morgan fingerprint density at radius 2 is 0.669 bits per heavy atom. The highest BCUT2D eigenvalue weighted by Crippen LogP contribution is 2.24. The number of aromatic carboxylic acids is 2. The largest absolute Gasteiger partial charge is 0.494 e. The van der Waals surface area contributed by atoms with Crippen LogP contribution in [0.15, 0.2) is 48.5 Å². The van der Waals surface area contributed by atoms with E-state index in [0.717, 1.165) is 77.0 Å². The highest BCUT2D eigenvalue weighted by molar-refractivity contribution is 5.93. The van der Waals surface area contributed by atoms with E-state index in [1.54, 1.807) is 31.2 Å². The van der Waals surface area contributed by atoms with Gasteiger partial charge in [-0.05, 0) is 139 Å². The van der Waals surface area contributed by atoms with E-state index >= 15 is 0 Å². The molecule has 0 aliphatic heterocycles. The molecule has 2 rings (SSSR count). The van der Waals surface area contributed by atoms with Crippen molar-refractivity contribution in [1.82, 2.24) is 31.9 Å². The number of aliphatic carboxylic acids is 2. The number of ketones is 5. The van der Waals surface area contributed by atoms with Crippen LogP contribution in [-0.2, 0) is 100 Å². The Bertz CT molecular complexity index is 3400. The van der Waals surface area contributed by atoms with Crippen molar-refractivity contribution in [3.05, 3.63) is 59.7 Å².